The van der Waals surface area contributed by atoms with Gasteiger partial charge in [0.05, 0.1) is 18.8 Å². The fraction of sp³-hybridized carbons (Fsp3) is 0.933. The number of nitrogens with one attached hydrogen (secondary N) is 1. The van der Waals surface area contributed by atoms with Crippen molar-refractivity contribution in [3.8, 4) is 0 Å². The van der Waals surface area contributed by atoms with E-state index in [0.29, 0.717) is 12.3 Å². The van der Waals surface area contributed by atoms with Crippen LogP contribution in [0, 0.1) is 5.92 Å². The van der Waals surface area contributed by atoms with Crippen molar-refractivity contribution in [1.29, 1.82) is 0 Å². The van der Waals surface area contributed by atoms with E-state index in [0.717, 1.165) is 12.8 Å². The summed E-state index contributed by atoms with van der Waals surface area (Å²) in [6, 6.07) is -0.446. The standard InChI is InChI=1S/C15H29NO4/c1-15(2,3)20-14(19)16-12(13(18)10-17)9-11-7-5-4-6-8-11/h11-13,17-18H,4-10H2,1-3H3,(H,16,19)/t12-,13?/m0/s1. The molecular formula is C15H29NO4. The van der Waals surface area contributed by atoms with E-state index in [2.05, 4.69) is 5.32 Å². The number of carbonyl (C=O) groups excluding carboxylic acids is 1. The fourth-order valence-electron chi connectivity index (χ4n) is 2.68. The normalized spacial score (nSPS) is 20.2. The fourth-order valence-corrected chi connectivity index (χ4v) is 2.68. The minimum Gasteiger partial charge on any atom is -0.444 e. The van der Waals surface area contributed by atoms with Crippen LogP contribution in [-0.2, 0) is 4.74 Å². The Morgan fingerprint density at radius 1 is 1.30 bits per heavy atom. The van der Waals surface area contributed by atoms with Crippen molar-refractivity contribution in [3.05, 3.63) is 0 Å². The number of aliphatic hydroxyl groups excluding tert-OH is 2. The van der Waals surface area contributed by atoms with E-state index in [4.69, 9.17) is 9.84 Å². The van der Waals surface area contributed by atoms with Crippen LogP contribution >= 0.6 is 0 Å². The summed E-state index contributed by atoms with van der Waals surface area (Å²) in [4.78, 5) is 11.8. The van der Waals surface area contributed by atoms with Crippen LogP contribution in [0.5, 0.6) is 0 Å². The van der Waals surface area contributed by atoms with Crippen LogP contribution in [0.2, 0.25) is 0 Å². The number of alkyl carbamates (subject to hydrolysis) is 1. The average molecular weight is 287 g/mol. The van der Waals surface area contributed by atoms with E-state index in [1.807, 2.05) is 0 Å². The van der Waals surface area contributed by atoms with Crippen LogP contribution in [0.25, 0.3) is 0 Å². The molecule has 1 saturated carbocycles. The van der Waals surface area contributed by atoms with Crippen molar-refractivity contribution in [1.82, 2.24) is 5.32 Å². The third kappa shape index (κ3) is 6.57. The van der Waals surface area contributed by atoms with Crippen molar-refractivity contribution in [2.24, 2.45) is 5.92 Å². The maximum atomic E-state index is 11.8. The quantitative estimate of drug-likeness (QED) is 0.724. The summed E-state index contributed by atoms with van der Waals surface area (Å²) >= 11 is 0. The summed E-state index contributed by atoms with van der Waals surface area (Å²) in [6.45, 7) is 5.04. The molecule has 0 saturated heterocycles. The Morgan fingerprint density at radius 2 is 1.90 bits per heavy atom. The van der Waals surface area contributed by atoms with Crippen LogP contribution < -0.4 is 5.32 Å². The first-order chi connectivity index (χ1) is 9.31. The summed E-state index contributed by atoms with van der Waals surface area (Å²) in [7, 11) is 0. The maximum Gasteiger partial charge on any atom is 0.407 e. The summed E-state index contributed by atoms with van der Waals surface area (Å²) in [5, 5.41) is 21.7. The third-order valence-electron chi connectivity index (χ3n) is 3.67. The molecule has 1 rings (SSSR count). The van der Waals surface area contributed by atoms with Gasteiger partial charge in [-0.2, -0.15) is 0 Å². The molecule has 0 heterocycles. The number of amides is 1. The second kappa shape index (κ2) is 7.84. The lowest BCUT2D eigenvalue weighted by molar-refractivity contribution is 0.0267. The molecule has 20 heavy (non-hydrogen) atoms. The van der Waals surface area contributed by atoms with Crippen molar-refractivity contribution in [2.75, 3.05) is 6.61 Å². The van der Waals surface area contributed by atoms with E-state index in [1.165, 1.54) is 19.3 Å². The van der Waals surface area contributed by atoms with Gasteiger partial charge in [-0.25, -0.2) is 4.79 Å². The van der Waals surface area contributed by atoms with Crippen molar-refractivity contribution < 1.29 is 19.7 Å². The monoisotopic (exact) mass is 287 g/mol. The zero-order valence-electron chi connectivity index (χ0n) is 12.9. The highest BCUT2D eigenvalue weighted by Gasteiger charge is 2.27. The predicted octanol–water partition coefficient (Wildman–Crippen LogP) is 2.20. The molecule has 0 radical (unpaired) electrons. The summed E-state index contributed by atoms with van der Waals surface area (Å²) in [6.07, 6.45) is 5.16. The van der Waals surface area contributed by atoms with Gasteiger partial charge >= 0.3 is 6.09 Å². The second-order valence-electron chi connectivity index (χ2n) is 6.74. The molecule has 2 atom stereocenters. The van der Waals surface area contributed by atoms with Crippen LogP contribution in [0.4, 0.5) is 4.79 Å². The van der Waals surface area contributed by atoms with Crippen LogP contribution in [0.15, 0.2) is 0 Å². The Kier molecular flexibility index (Phi) is 6.76. The number of carbonyl (C=O) groups is 1. The van der Waals surface area contributed by atoms with E-state index in [1.54, 1.807) is 20.8 Å². The Hall–Kier alpha value is -0.810. The first kappa shape index (κ1) is 17.2. The Balaban J connectivity index is 2.52. The molecule has 1 aliphatic carbocycles. The number of rotatable bonds is 5. The molecule has 0 aromatic rings. The molecule has 0 aliphatic heterocycles. The number of hydrogen-bond acceptors (Lipinski definition) is 4. The molecule has 1 unspecified atom stereocenters. The average Bonchev–Trinajstić information content (AvgIpc) is 2.36. The summed E-state index contributed by atoms with van der Waals surface area (Å²) in [5.74, 6) is 0.505. The Bertz CT molecular complexity index is 295. The van der Waals surface area contributed by atoms with Gasteiger partial charge in [0.25, 0.3) is 0 Å². The van der Waals surface area contributed by atoms with Gasteiger partial charge in [0, 0.05) is 0 Å². The van der Waals surface area contributed by atoms with E-state index >= 15 is 0 Å². The lowest BCUT2D eigenvalue weighted by Gasteiger charge is -2.30. The van der Waals surface area contributed by atoms with Gasteiger partial charge in [-0.15, -0.1) is 0 Å². The van der Waals surface area contributed by atoms with E-state index < -0.39 is 23.8 Å². The van der Waals surface area contributed by atoms with Crippen LogP contribution in [0.1, 0.15) is 59.3 Å². The lowest BCUT2D eigenvalue weighted by Crippen LogP contribution is -2.47. The van der Waals surface area contributed by atoms with Crippen molar-refractivity contribution in [3.63, 3.8) is 0 Å². The van der Waals surface area contributed by atoms with Crippen molar-refractivity contribution >= 4 is 6.09 Å². The molecule has 118 valence electrons. The molecule has 0 bridgehead atoms. The van der Waals surface area contributed by atoms with Gasteiger partial charge in [-0.05, 0) is 33.1 Å². The van der Waals surface area contributed by atoms with Gasteiger partial charge in [0.1, 0.15) is 5.60 Å². The molecular weight excluding hydrogens is 258 g/mol. The SMILES string of the molecule is CC(C)(C)OC(=O)N[C@@H](CC1CCCCC1)C(O)CO. The highest BCUT2D eigenvalue weighted by atomic mass is 16.6. The van der Waals surface area contributed by atoms with Gasteiger partial charge in [-0.1, -0.05) is 32.1 Å². The van der Waals surface area contributed by atoms with Gasteiger partial charge < -0.3 is 20.3 Å². The molecule has 5 nitrogen and oxygen atoms in total. The zero-order valence-corrected chi connectivity index (χ0v) is 12.9. The third-order valence-corrected chi connectivity index (χ3v) is 3.67. The molecule has 1 fully saturated rings. The maximum absolute atomic E-state index is 11.8. The molecule has 5 heteroatoms. The van der Waals surface area contributed by atoms with Gasteiger partial charge in [-0.3, -0.25) is 0 Å². The van der Waals surface area contributed by atoms with Crippen LogP contribution in [0.3, 0.4) is 0 Å². The molecule has 1 aliphatic rings. The molecule has 3 N–H and O–H groups in total. The van der Waals surface area contributed by atoms with Gasteiger partial charge in [0.2, 0.25) is 0 Å². The van der Waals surface area contributed by atoms with E-state index in [9.17, 15) is 9.90 Å². The lowest BCUT2D eigenvalue weighted by atomic mass is 9.84. The first-order valence-electron chi connectivity index (χ1n) is 7.60. The summed E-state index contributed by atoms with van der Waals surface area (Å²) in [5.41, 5.74) is -0.566. The number of ether oxygens (including phenoxy) is 1. The van der Waals surface area contributed by atoms with Crippen LogP contribution in [-0.4, -0.2) is 40.7 Å². The molecule has 1 amide bonds. The molecule has 0 spiro atoms. The molecule has 0 aromatic heterocycles. The number of aliphatic hydroxyl groups is 2. The topological polar surface area (TPSA) is 78.8 Å². The Morgan fingerprint density at radius 3 is 2.40 bits per heavy atom. The minimum atomic E-state index is -0.940. The molecule has 0 aromatic carbocycles. The zero-order chi connectivity index (χ0) is 15.2. The highest BCUT2D eigenvalue weighted by molar-refractivity contribution is 5.68. The van der Waals surface area contributed by atoms with Crippen molar-refractivity contribution in [2.45, 2.75) is 77.0 Å². The number of hydrogen-bond donors (Lipinski definition) is 3. The van der Waals surface area contributed by atoms with Gasteiger partial charge in [0.15, 0.2) is 0 Å². The highest BCUT2D eigenvalue weighted by Crippen LogP contribution is 2.28. The minimum absolute atomic E-state index is 0.354. The largest absolute Gasteiger partial charge is 0.444 e. The predicted molar refractivity (Wildman–Crippen MR) is 77.4 cm³/mol. The smallest absolute Gasteiger partial charge is 0.407 e. The first-order valence-corrected chi connectivity index (χ1v) is 7.60. The summed E-state index contributed by atoms with van der Waals surface area (Å²) < 4.78 is 5.21. The van der Waals surface area contributed by atoms with E-state index in [-0.39, 0.29) is 6.61 Å². The Labute approximate surface area is 121 Å². The second-order valence-corrected chi connectivity index (χ2v) is 6.74.